The average Bonchev–Trinajstić information content (AvgIpc) is 2.54. The van der Waals surface area contributed by atoms with Crippen molar-refractivity contribution in [1.29, 1.82) is 0 Å². The van der Waals surface area contributed by atoms with E-state index in [2.05, 4.69) is 4.90 Å². The van der Waals surface area contributed by atoms with Gasteiger partial charge in [-0.1, -0.05) is 0 Å². The van der Waals surface area contributed by atoms with Crippen LogP contribution in [0, 0.1) is 0 Å². The molecule has 0 aliphatic carbocycles. The maximum atomic E-state index is 12.4. The van der Waals surface area contributed by atoms with E-state index in [0.29, 0.717) is 19.1 Å². The summed E-state index contributed by atoms with van der Waals surface area (Å²) in [6.07, 6.45) is 6.69. The molecule has 0 spiro atoms. The Morgan fingerprint density at radius 3 is 2.67 bits per heavy atom. The minimum Gasteiger partial charge on any atom is -0.377 e. The lowest BCUT2D eigenvalue weighted by molar-refractivity contribution is -0.133. The van der Waals surface area contributed by atoms with Gasteiger partial charge in [0.25, 0.3) is 0 Å². The SMILES string of the molecule is CCOC1CCCN(C(CN)CC(=O)N2CCCCC2)C1. The fourth-order valence-corrected chi connectivity index (χ4v) is 3.51. The van der Waals surface area contributed by atoms with E-state index >= 15 is 0 Å². The highest BCUT2D eigenvalue weighted by atomic mass is 16.5. The Bertz CT molecular complexity index is 317. The first kappa shape index (κ1) is 16.7. The molecule has 0 aromatic rings. The van der Waals surface area contributed by atoms with E-state index in [0.717, 1.165) is 58.5 Å². The van der Waals surface area contributed by atoms with E-state index in [-0.39, 0.29) is 11.9 Å². The summed E-state index contributed by atoms with van der Waals surface area (Å²) in [7, 11) is 0. The summed E-state index contributed by atoms with van der Waals surface area (Å²) < 4.78 is 5.75. The number of nitrogens with two attached hydrogens (primary N) is 1. The van der Waals surface area contributed by atoms with E-state index in [1.807, 2.05) is 11.8 Å². The van der Waals surface area contributed by atoms with Crippen molar-refractivity contribution in [2.45, 2.75) is 57.6 Å². The summed E-state index contributed by atoms with van der Waals surface area (Å²) in [4.78, 5) is 16.8. The van der Waals surface area contributed by atoms with Crippen molar-refractivity contribution >= 4 is 5.91 Å². The standard InChI is InChI=1S/C16H31N3O2/c1-2-21-15-7-6-10-19(13-15)14(12-17)11-16(20)18-8-4-3-5-9-18/h14-15H,2-13,17H2,1H3. The fraction of sp³-hybridized carbons (Fsp3) is 0.938. The molecule has 0 bridgehead atoms. The van der Waals surface area contributed by atoms with Crippen molar-refractivity contribution in [2.24, 2.45) is 5.73 Å². The maximum Gasteiger partial charge on any atom is 0.224 e. The maximum absolute atomic E-state index is 12.4. The van der Waals surface area contributed by atoms with Gasteiger partial charge in [-0.15, -0.1) is 0 Å². The predicted octanol–water partition coefficient (Wildman–Crippen LogP) is 1.22. The third kappa shape index (κ3) is 4.94. The molecule has 2 heterocycles. The van der Waals surface area contributed by atoms with Crippen molar-refractivity contribution in [3.05, 3.63) is 0 Å². The van der Waals surface area contributed by atoms with Gasteiger partial charge in [0, 0.05) is 45.2 Å². The molecular formula is C16H31N3O2. The molecule has 5 nitrogen and oxygen atoms in total. The molecule has 2 N–H and O–H groups in total. The van der Waals surface area contributed by atoms with E-state index in [1.54, 1.807) is 0 Å². The second-order valence-corrected chi connectivity index (χ2v) is 6.25. The topological polar surface area (TPSA) is 58.8 Å². The van der Waals surface area contributed by atoms with Gasteiger partial charge in [-0.2, -0.15) is 0 Å². The molecule has 0 aromatic heterocycles. The van der Waals surface area contributed by atoms with E-state index in [9.17, 15) is 4.79 Å². The number of likely N-dealkylation sites (tertiary alicyclic amines) is 2. The van der Waals surface area contributed by atoms with Gasteiger partial charge in [-0.25, -0.2) is 0 Å². The van der Waals surface area contributed by atoms with Gasteiger partial charge < -0.3 is 15.4 Å². The van der Waals surface area contributed by atoms with Gasteiger partial charge in [0.1, 0.15) is 0 Å². The summed E-state index contributed by atoms with van der Waals surface area (Å²) in [6, 6.07) is 0.169. The van der Waals surface area contributed by atoms with Crippen LogP contribution < -0.4 is 5.73 Å². The van der Waals surface area contributed by atoms with Gasteiger partial charge in [0.2, 0.25) is 5.91 Å². The monoisotopic (exact) mass is 297 g/mol. The molecule has 0 aromatic carbocycles. The Balaban J connectivity index is 1.84. The first-order valence-corrected chi connectivity index (χ1v) is 8.58. The van der Waals surface area contributed by atoms with Crippen LogP contribution in [0.25, 0.3) is 0 Å². The smallest absolute Gasteiger partial charge is 0.224 e. The summed E-state index contributed by atoms with van der Waals surface area (Å²) in [5, 5.41) is 0. The number of nitrogens with zero attached hydrogens (tertiary/aromatic N) is 2. The van der Waals surface area contributed by atoms with Crippen molar-refractivity contribution in [1.82, 2.24) is 9.80 Å². The lowest BCUT2D eigenvalue weighted by Gasteiger charge is -2.38. The fourth-order valence-electron chi connectivity index (χ4n) is 3.51. The third-order valence-electron chi connectivity index (χ3n) is 4.72. The number of hydrogen-bond donors (Lipinski definition) is 1. The van der Waals surface area contributed by atoms with E-state index < -0.39 is 0 Å². The second-order valence-electron chi connectivity index (χ2n) is 6.25. The first-order chi connectivity index (χ1) is 10.2. The summed E-state index contributed by atoms with van der Waals surface area (Å²) in [5.41, 5.74) is 5.95. The minimum atomic E-state index is 0.169. The Morgan fingerprint density at radius 2 is 2.00 bits per heavy atom. The zero-order valence-electron chi connectivity index (χ0n) is 13.4. The average molecular weight is 297 g/mol. The predicted molar refractivity (Wildman–Crippen MR) is 84.1 cm³/mol. The van der Waals surface area contributed by atoms with Crippen LogP contribution in [-0.2, 0) is 9.53 Å². The number of piperidine rings is 2. The molecule has 122 valence electrons. The number of ether oxygens (including phenoxy) is 1. The number of carbonyl (C=O) groups excluding carboxylic acids is 1. The van der Waals surface area contributed by atoms with Crippen LogP contribution in [0.4, 0.5) is 0 Å². The number of carbonyl (C=O) groups is 1. The summed E-state index contributed by atoms with van der Waals surface area (Å²) in [6.45, 7) is 7.17. The molecule has 2 aliphatic rings. The minimum absolute atomic E-state index is 0.169. The Hall–Kier alpha value is -0.650. The first-order valence-electron chi connectivity index (χ1n) is 8.58. The second kappa shape index (κ2) is 8.71. The Morgan fingerprint density at radius 1 is 1.24 bits per heavy atom. The van der Waals surface area contributed by atoms with Crippen LogP contribution in [0.5, 0.6) is 0 Å². The van der Waals surface area contributed by atoms with Gasteiger partial charge in [-0.05, 0) is 45.6 Å². The zero-order valence-corrected chi connectivity index (χ0v) is 13.4. The van der Waals surface area contributed by atoms with Crippen LogP contribution in [0.3, 0.4) is 0 Å². The third-order valence-corrected chi connectivity index (χ3v) is 4.72. The van der Waals surface area contributed by atoms with Crippen LogP contribution in [0.1, 0.15) is 45.4 Å². The van der Waals surface area contributed by atoms with E-state index in [1.165, 1.54) is 6.42 Å². The van der Waals surface area contributed by atoms with E-state index in [4.69, 9.17) is 10.5 Å². The number of hydrogen-bond acceptors (Lipinski definition) is 4. The van der Waals surface area contributed by atoms with Gasteiger partial charge in [0.15, 0.2) is 0 Å². The van der Waals surface area contributed by atoms with Gasteiger partial charge in [-0.3, -0.25) is 9.69 Å². The van der Waals surface area contributed by atoms with Crippen LogP contribution in [0.2, 0.25) is 0 Å². The molecule has 2 fully saturated rings. The molecular weight excluding hydrogens is 266 g/mol. The van der Waals surface area contributed by atoms with Crippen molar-refractivity contribution < 1.29 is 9.53 Å². The van der Waals surface area contributed by atoms with Crippen molar-refractivity contribution in [3.63, 3.8) is 0 Å². The lowest BCUT2D eigenvalue weighted by atomic mass is 10.0. The molecule has 2 saturated heterocycles. The highest BCUT2D eigenvalue weighted by Crippen LogP contribution is 2.18. The van der Waals surface area contributed by atoms with Gasteiger partial charge >= 0.3 is 0 Å². The Labute approximate surface area is 128 Å². The lowest BCUT2D eigenvalue weighted by Crippen LogP contribution is -2.50. The van der Waals surface area contributed by atoms with Gasteiger partial charge in [0.05, 0.1) is 6.10 Å². The molecule has 21 heavy (non-hydrogen) atoms. The number of amides is 1. The normalized spacial score (nSPS) is 25.8. The molecule has 2 aliphatic heterocycles. The largest absolute Gasteiger partial charge is 0.377 e. The number of rotatable bonds is 6. The summed E-state index contributed by atoms with van der Waals surface area (Å²) in [5.74, 6) is 0.281. The molecule has 2 rings (SSSR count). The molecule has 2 unspecified atom stereocenters. The molecule has 5 heteroatoms. The molecule has 0 saturated carbocycles. The molecule has 0 radical (unpaired) electrons. The highest BCUT2D eigenvalue weighted by molar-refractivity contribution is 5.77. The quantitative estimate of drug-likeness (QED) is 0.801. The van der Waals surface area contributed by atoms with Crippen molar-refractivity contribution in [2.75, 3.05) is 39.3 Å². The Kier molecular flexibility index (Phi) is 6.93. The van der Waals surface area contributed by atoms with Crippen molar-refractivity contribution in [3.8, 4) is 0 Å². The summed E-state index contributed by atoms with van der Waals surface area (Å²) >= 11 is 0. The zero-order chi connectivity index (χ0) is 15.1. The molecule has 1 amide bonds. The van der Waals surface area contributed by atoms with Crippen LogP contribution in [0.15, 0.2) is 0 Å². The van der Waals surface area contributed by atoms with Crippen LogP contribution in [-0.4, -0.2) is 67.2 Å². The highest BCUT2D eigenvalue weighted by Gasteiger charge is 2.28. The molecule has 2 atom stereocenters. The van der Waals surface area contributed by atoms with Crippen LogP contribution >= 0.6 is 0 Å².